The normalized spacial score (nSPS) is 15.1. The van der Waals surface area contributed by atoms with E-state index in [1.165, 1.54) is 19.3 Å². The number of nitrogens with two attached hydrogens (primary N) is 1. The van der Waals surface area contributed by atoms with E-state index in [9.17, 15) is 4.79 Å². The number of carbonyl (C=O) groups is 1. The molecule has 1 aromatic rings. The number of thiocarbonyl (C=S) groups is 1. The van der Waals surface area contributed by atoms with E-state index in [0.29, 0.717) is 28.8 Å². The van der Waals surface area contributed by atoms with Crippen LogP contribution in [0.4, 0.5) is 5.69 Å². The van der Waals surface area contributed by atoms with Crippen molar-refractivity contribution in [2.45, 2.75) is 25.3 Å². The molecule has 0 radical (unpaired) electrons. The maximum atomic E-state index is 12.0. The summed E-state index contributed by atoms with van der Waals surface area (Å²) in [5.74, 6) is -0.0295. The van der Waals surface area contributed by atoms with Gasteiger partial charge in [0, 0.05) is 11.6 Å². The van der Waals surface area contributed by atoms with E-state index in [4.69, 9.17) is 18.0 Å². The van der Waals surface area contributed by atoms with Crippen molar-refractivity contribution in [3.63, 3.8) is 0 Å². The molecule has 0 aliphatic heterocycles. The maximum Gasteiger partial charge on any atom is 0.238 e. The van der Waals surface area contributed by atoms with Crippen LogP contribution in [-0.4, -0.2) is 35.4 Å². The summed E-state index contributed by atoms with van der Waals surface area (Å²) in [5.41, 5.74) is 7.03. The number of likely N-dealkylation sites (N-methyl/N-ethyl adjacent to an activating group) is 1. The third kappa shape index (κ3) is 3.52. The lowest BCUT2D eigenvalue weighted by Gasteiger charge is -2.34. The van der Waals surface area contributed by atoms with E-state index in [2.05, 4.69) is 10.2 Å². The molecular formula is C14H19N3OS. The van der Waals surface area contributed by atoms with Gasteiger partial charge in [-0.25, -0.2) is 0 Å². The Labute approximate surface area is 119 Å². The predicted molar refractivity (Wildman–Crippen MR) is 81.2 cm³/mol. The lowest BCUT2D eigenvalue weighted by Crippen LogP contribution is -2.41. The van der Waals surface area contributed by atoms with Crippen LogP contribution in [0, 0.1) is 0 Å². The van der Waals surface area contributed by atoms with Crippen molar-refractivity contribution in [2.24, 2.45) is 5.73 Å². The van der Waals surface area contributed by atoms with Gasteiger partial charge in [0.15, 0.2) is 0 Å². The molecule has 5 heteroatoms. The number of amides is 1. The molecule has 4 nitrogen and oxygen atoms in total. The van der Waals surface area contributed by atoms with E-state index < -0.39 is 0 Å². The number of benzene rings is 1. The van der Waals surface area contributed by atoms with Crippen molar-refractivity contribution in [3.05, 3.63) is 29.8 Å². The number of anilines is 1. The minimum Gasteiger partial charge on any atom is -0.389 e. The van der Waals surface area contributed by atoms with E-state index in [1.54, 1.807) is 0 Å². The highest BCUT2D eigenvalue weighted by atomic mass is 32.1. The highest BCUT2D eigenvalue weighted by Gasteiger charge is 2.23. The Morgan fingerprint density at radius 1 is 1.47 bits per heavy atom. The Balaban J connectivity index is 1.96. The fourth-order valence-corrected chi connectivity index (χ4v) is 2.36. The highest BCUT2D eigenvalue weighted by molar-refractivity contribution is 7.80. The van der Waals surface area contributed by atoms with Gasteiger partial charge in [0.1, 0.15) is 4.99 Å². The van der Waals surface area contributed by atoms with Gasteiger partial charge < -0.3 is 11.1 Å². The Morgan fingerprint density at radius 2 is 2.16 bits per heavy atom. The Kier molecular flexibility index (Phi) is 4.50. The second-order valence-electron chi connectivity index (χ2n) is 4.96. The zero-order chi connectivity index (χ0) is 13.8. The molecule has 19 heavy (non-hydrogen) atoms. The summed E-state index contributed by atoms with van der Waals surface area (Å²) in [6.45, 7) is 0.399. The van der Waals surface area contributed by atoms with Crippen LogP contribution < -0.4 is 11.1 Å². The summed E-state index contributed by atoms with van der Waals surface area (Å²) in [4.78, 5) is 14.4. The van der Waals surface area contributed by atoms with Gasteiger partial charge in [-0.1, -0.05) is 30.8 Å². The van der Waals surface area contributed by atoms with Gasteiger partial charge in [-0.2, -0.15) is 0 Å². The molecule has 0 heterocycles. The van der Waals surface area contributed by atoms with Crippen molar-refractivity contribution in [3.8, 4) is 0 Å². The molecule has 1 amide bonds. The highest BCUT2D eigenvalue weighted by Crippen LogP contribution is 2.23. The molecule has 0 spiro atoms. The molecule has 0 saturated heterocycles. The Bertz CT molecular complexity index is 485. The van der Waals surface area contributed by atoms with Crippen molar-refractivity contribution >= 4 is 28.8 Å². The van der Waals surface area contributed by atoms with Gasteiger partial charge in [0.05, 0.1) is 12.2 Å². The molecule has 0 atom stereocenters. The van der Waals surface area contributed by atoms with Gasteiger partial charge in [-0.15, -0.1) is 0 Å². The topological polar surface area (TPSA) is 58.4 Å². The molecule has 1 fully saturated rings. The molecule has 2 rings (SSSR count). The van der Waals surface area contributed by atoms with Crippen molar-refractivity contribution in [1.29, 1.82) is 0 Å². The maximum absolute atomic E-state index is 12.0. The van der Waals surface area contributed by atoms with Crippen LogP contribution in [0.15, 0.2) is 24.3 Å². The molecule has 0 unspecified atom stereocenters. The summed E-state index contributed by atoms with van der Waals surface area (Å²) < 4.78 is 0. The SMILES string of the molecule is CN(CC(=O)Nc1ccccc1C(N)=S)C1CCC1. The average Bonchev–Trinajstić information content (AvgIpc) is 2.26. The number of nitrogens with zero attached hydrogens (tertiary/aromatic N) is 1. The number of para-hydroxylation sites is 1. The summed E-state index contributed by atoms with van der Waals surface area (Å²) in [5, 5.41) is 2.88. The third-order valence-corrected chi connectivity index (χ3v) is 3.78. The van der Waals surface area contributed by atoms with Crippen LogP contribution in [0.5, 0.6) is 0 Å². The van der Waals surface area contributed by atoms with Crippen molar-refractivity contribution < 1.29 is 4.79 Å². The third-order valence-electron chi connectivity index (χ3n) is 3.56. The van der Waals surface area contributed by atoms with Crippen LogP contribution in [0.2, 0.25) is 0 Å². The second-order valence-corrected chi connectivity index (χ2v) is 5.40. The van der Waals surface area contributed by atoms with Gasteiger partial charge in [-0.05, 0) is 32.0 Å². The molecule has 1 aliphatic carbocycles. The van der Waals surface area contributed by atoms with Crippen molar-refractivity contribution in [1.82, 2.24) is 4.90 Å². The fourth-order valence-electron chi connectivity index (χ4n) is 2.18. The zero-order valence-electron chi connectivity index (χ0n) is 11.1. The summed E-state index contributed by atoms with van der Waals surface area (Å²) in [7, 11) is 1.99. The van der Waals surface area contributed by atoms with Crippen LogP contribution in [0.1, 0.15) is 24.8 Å². The second kappa shape index (κ2) is 6.12. The Morgan fingerprint density at radius 3 is 2.74 bits per heavy atom. The molecule has 1 aliphatic rings. The number of hydrogen-bond acceptors (Lipinski definition) is 3. The Hall–Kier alpha value is -1.46. The molecule has 0 aromatic heterocycles. The van der Waals surface area contributed by atoms with E-state index >= 15 is 0 Å². The largest absolute Gasteiger partial charge is 0.389 e. The number of rotatable bonds is 5. The minimum atomic E-state index is -0.0295. The van der Waals surface area contributed by atoms with Crippen LogP contribution in [0.25, 0.3) is 0 Å². The van der Waals surface area contributed by atoms with Crippen LogP contribution in [-0.2, 0) is 4.79 Å². The molecule has 0 bridgehead atoms. The van der Waals surface area contributed by atoms with E-state index in [-0.39, 0.29) is 5.91 Å². The first-order valence-electron chi connectivity index (χ1n) is 6.47. The molecular weight excluding hydrogens is 258 g/mol. The summed E-state index contributed by atoms with van der Waals surface area (Å²) in [6.07, 6.45) is 3.64. The lowest BCUT2D eigenvalue weighted by atomic mass is 9.92. The monoisotopic (exact) mass is 277 g/mol. The predicted octanol–water partition coefficient (Wildman–Crippen LogP) is 1.74. The van der Waals surface area contributed by atoms with Gasteiger partial charge in [-0.3, -0.25) is 9.69 Å². The van der Waals surface area contributed by atoms with Gasteiger partial charge in [0.2, 0.25) is 5.91 Å². The summed E-state index contributed by atoms with van der Waals surface area (Å²) >= 11 is 4.98. The smallest absolute Gasteiger partial charge is 0.238 e. The number of hydrogen-bond donors (Lipinski definition) is 2. The molecule has 1 saturated carbocycles. The first-order chi connectivity index (χ1) is 9.08. The first kappa shape index (κ1) is 14.0. The van der Waals surface area contributed by atoms with Crippen LogP contribution in [0.3, 0.4) is 0 Å². The van der Waals surface area contributed by atoms with Gasteiger partial charge in [0.25, 0.3) is 0 Å². The number of carbonyl (C=O) groups excluding carboxylic acids is 1. The first-order valence-corrected chi connectivity index (χ1v) is 6.87. The minimum absolute atomic E-state index is 0.0295. The average molecular weight is 277 g/mol. The molecule has 3 N–H and O–H groups in total. The molecule has 1 aromatic carbocycles. The fraction of sp³-hybridized carbons (Fsp3) is 0.429. The van der Waals surface area contributed by atoms with Gasteiger partial charge >= 0.3 is 0 Å². The summed E-state index contributed by atoms with van der Waals surface area (Å²) in [6, 6.07) is 7.89. The lowest BCUT2D eigenvalue weighted by molar-refractivity contribution is -0.117. The zero-order valence-corrected chi connectivity index (χ0v) is 11.9. The quantitative estimate of drug-likeness (QED) is 0.805. The van der Waals surface area contributed by atoms with E-state index in [1.807, 2.05) is 31.3 Å². The van der Waals surface area contributed by atoms with Crippen molar-refractivity contribution in [2.75, 3.05) is 18.9 Å². The van der Waals surface area contributed by atoms with Crippen LogP contribution >= 0.6 is 12.2 Å². The standard InChI is InChI=1S/C14H19N3OS/c1-17(10-5-4-6-10)9-13(18)16-12-8-3-2-7-11(12)14(15)19/h2-3,7-8,10H,4-6,9H2,1H3,(H2,15,19)(H,16,18). The number of nitrogens with one attached hydrogen (secondary N) is 1. The van der Waals surface area contributed by atoms with E-state index in [0.717, 1.165) is 0 Å². The molecule has 102 valence electrons.